The van der Waals surface area contributed by atoms with E-state index in [1.165, 1.54) is 11.8 Å². The monoisotopic (exact) mass is 121 g/mol. The molecule has 1 heterocycles. The molecule has 0 fully saturated rings. The number of nitrogens with zero attached hydrogens (tertiary/aromatic N) is 1. The Morgan fingerprint density at radius 1 is 1.88 bits per heavy atom. The minimum absolute atomic E-state index is 0.0231. The topological polar surface area (TPSA) is 3.24 Å². The standard InChI is InChI=1S/C4H5B2NS/c1-7-2-3(5)8-4(7)6/h2,4H,1H3. The zero-order valence-corrected chi connectivity index (χ0v) is 5.48. The second kappa shape index (κ2) is 2.09. The van der Waals surface area contributed by atoms with Crippen molar-refractivity contribution in [3.8, 4) is 0 Å². The molecular weight excluding hydrogens is 116 g/mol. The Morgan fingerprint density at radius 3 is 2.62 bits per heavy atom. The van der Waals surface area contributed by atoms with Crippen LogP contribution in [0.15, 0.2) is 11.0 Å². The smallest absolute Gasteiger partial charge is 0.125 e. The number of rotatable bonds is 0. The second-order valence-electron chi connectivity index (χ2n) is 1.71. The van der Waals surface area contributed by atoms with E-state index in [9.17, 15) is 0 Å². The van der Waals surface area contributed by atoms with Crippen molar-refractivity contribution in [2.75, 3.05) is 7.05 Å². The van der Waals surface area contributed by atoms with Crippen LogP contribution in [0.4, 0.5) is 0 Å². The van der Waals surface area contributed by atoms with Gasteiger partial charge in [0.15, 0.2) is 0 Å². The molecule has 0 saturated heterocycles. The number of hydrogen-bond acceptors (Lipinski definition) is 2. The van der Waals surface area contributed by atoms with Crippen molar-refractivity contribution in [3.63, 3.8) is 0 Å². The van der Waals surface area contributed by atoms with Crippen molar-refractivity contribution in [3.05, 3.63) is 11.0 Å². The van der Waals surface area contributed by atoms with Gasteiger partial charge in [-0.3, -0.25) is 0 Å². The Hall–Kier alpha value is 0.0199. The summed E-state index contributed by atoms with van der Waals surface area (Å²) < 4.78 is 0. The van der Waals surface area contributed by atoms with Gasteiger partial charge in [-0.25, -0.2) is 0 Å². The summed E-state index contributed by atoms with van der Waals surface area (Å²) in [5, 5.41) is 0.0231. The first-order chi connectivity index (χ1) is 3.70. The highest BCUT2D eigenvalue weighted by Gasteiger charge is 2.12. The van der Waals surface area contributed by atoms with Crippen LogP contribution < -0.4 is 0 Å². The van der Waals surface area contributed by atoms with E-state index < -0.39 is 0 Å². The minimum Gasteiger partial charge on any atom is -0.377 e. The first-order valence-corrected chi connectivity index (χ1v) is 3.19. The van der Waals surface area contributed by atoms with Crippen LogP contribution in [0.25, 0.3) is 0 Å². The number of thioether (sulfide) groups is 1. The fourth-order valence-electron chi connectivity index (χ4n) is 0.527. The highest BCUT2D eigenvalue weighted by atomic mass is 32.2. The van der Waals surface area contributed by atoms with Crippen LogP contribution in [0.3, 0.4) is 0 Å². The summed E-state index contributed by atoms with van der Waals surface area (Å²) in [5.41, 5.74) is 0. The van der Waals surface area contributed by atoms with Crippen molar-refractivity contribution < 1.29 is 0 Å². The van der Waals surface area contributed by atoms with Crippen molar-refractivity contribution in [2.24, 2.45) is 0 Å². The normalized spacial score (nSPS) is 28.4. The van der Waals surface area contributed by atoms with Gasteiger partial charge in [-0.1, -0.05) is 0 Å². The molecule has 1 nitrogen and oxygen atoms in total. The largest absolute Gasteiger partial charge is 0.377 e. The molecule has 4 heteroatoms. The molecule has 0 aromatic carbocycles. The van der Waals surface area contributed by atoms with Gasteiger partial charge in [0.2, 0.25) is 0 Å². The summed E-state index contributed by atoms with van der Waals surface area (Å²) in [5.74, 6) is 0. The lowest BCUT2D eigenvalue weighted by molar-refractivity contribution is 0.517. The predicted octanol–water partition coefficient (Wildman–Crippen LogP) is 0.0845. The molecule has 1 aliphatic rings. The SMILES string of the molecule is [B]C1=CN(C)C([B])S1. The van der Waals surface area contributed by atoms with Gasteiger partial charge in [0, 0.05) is 12.3 Å². The second-order valence-corrected chi connectivity index (χ2v) is 2.90. The van der Waals surface area contributed by atoms with Gasteiger partial charge in [-0.05, 0) is 11.0 Å². The predicted molar refractivity (Wildman–Crippen MR) is 38.7 cm³/mol. The Morgan fingerprint density at radius 2 is 2.50 bits per heavy atom. The molecule has 8 heavy (non-hydrogen) atoms. The fraction of sp³-hybridized carbons (Fsp3) is 0.500. The Labute approximate surface area is 56.3 Å². The zero-order chi connectivity index (χ0) is 6.15. The van der Waals surface area contributed by atoms with E-state index >= 15 is 0 Å². The molecule has 4 radical (unpaired) electrons. The van der Waals surface area contributed by atoms with E-state index in [2.05, 4.69) is 0 Å². The lowest BCUT2D eigenvalue weighted by Gasteiger charge is -2.13. The molecular formula is C4H5B2NS. The summed E-state index contributed by atoms with van der Waals surface area (Å²) >= 11 is 1.47. The van der Waals surface area contributed by atoms with E-state index in [1.807, 2.05) is 18.1 Å². The Kier molecular flexibility index (Phi) is 1.61. The van der Waals surface area contributed by atoms with Crippen molar-refractivity contribution >= 4 is 27.5 Å². The molecule has 1 rings (SSSR count). The van der Waals surface area contributed by atoms with Crippen molar-refractivity contribution in [1.82, 2.24) is 4.90 Å². The average molecular weight is 121 g/mol. The highest BCUT2D eigenvalue weighted by molar-refractivity contribution is 8.06. The van der Waals surface area contributed by atoms with Gasteiger partial charge in [-0.2, -0.15) is 0 Å². The summed E-state index contributed by atoms with van der Waals surface area (Å²) in [7, 11) is 12.8. The van der Waals surface area contributed by atoms with Crippen LogP contribution in [0.5, 0.6) is 0 Å². The third kappa shape index (κ3) is 1.05. The molecule has 0 saturated carbocycles. The maximum Gasteiger partial charge on any atom is 0.125 e. The van der Waals surface area contributed by atoms with Crippen LogP contribution in [0.1, 0.15) is 0 Å². The van der Waals surface area contributed by atoms with Crippen LogP contribution in [-0.4, -0.2) is 32.9 Å². The summed E-state index contributed by atoms with van der Waals surface area (Å²) in [6.45, 7) is 0. The van der Waals surface area contributed by atoms with Crippen molar-refractivity contribution in [1.29, 1.82) is 0 Å². The summed E-state index contributed by atoms with van der Waals surface area (Å²) in [6.07, 6.45) is 1.83. The first-order valence-electron chi connectivity index (χ1n) is 2.31. The third-order valence-electron chi connectivity index (χ3n) is 0.989. The quantitative estimate of drug-likeness (QED) is 0.417. The fourth-order valence-corrected chi connectivity index (χ4v) is 1.26. The Bertz CT molecular complexity index is 125. The van der Waals surface area contributed by atoms with Crippen LogP contribution >= 0.6 is 11.8 Å². The van der Waals surface area contributed by atoms with Gasteiger partial charge in [0.05, 0.1) is 0 Å². The molecule has 0 N–H and O–H groups in total. The maximum atomic E-state index is 5.53. The molecule has 0 amide bonds. The molecule has 0 aromatic rings. The summed E-state index contributed by atoms with van der Waals surface area (Å²) in [6, 6.07) is 0. The van der Waals surface area contributed by atoms with Gasteiger partial charge < -0.3 is 4.90 Å². The van der Waals surface area contributed by atoms with E-state index in [-0.39, 0.29) is 5.27 Å². The van der Waals surface area contributed by atoms with Gasteiger partial charge >= 0.3 is 0 Å². The van der Waals surface area contributed by atoms with E-state index in [1.54, 1.807) is 0 Å². The van der Waals surface area contributed by atoms with Gasteiger partial charge in [0.1, 0.15) is 15.7 Å². The van der Waals surface area contributed by atoms with Crippen LogP contribution in [-0.2, 0) is 0 Å². The molecule has 0 bridgehead atoms. The molecule has 0 spiro atoms. The lowest BCUT2D eigenvalue weighted by atomic mass is 10.1. The molecule has 0 aliphatic carbocycles. The minimum atomic E-state index is 0.0231. The van der Waals surface area contributed by atoms with Crippen LogP contribution in [0.2, 0.25) is 0 Å². The molecule has 38 valence electrons. The van der Waals surface area contributed by atoms with E-state index in [4.69, 9.17) is 15.7 Å². The van der Waals surface area contributed by atoms with Gasteiger partial charge in [-0.15, -0.1) is 11.8 Å². The average Bonchev–Trinajstić information content (AvgIpc) is 1.85. The molecule has 0 aromatic heterocycles. The van der Waals surface area contributed by atoms with Crippen molar-refractivity contribution in [2.45, 2.75) is 5.27 Å². The van der Waals surface area contributed by atoms with E-state index in [0.717, 1.165) is 4.80 Å². The van der Waals surface area contributed by atoms with Gasteiger partial charge in [0.25, 0.3) is 0 Å². The molecule has 1 unspecified atom stereocenters. The molecule has 1 aliphatic heterocycles. The first kappa shape index (κ1) is 6.14. The highest BCUT2D eigenvalue weighted by Crippen LogP contribution is 2.26. The maximum absolute atomic E-state index is 5.53. The zero-order valence-electron chi connectivity index (χ0n) is 4.66. The number of hydrogen-bond donors (Lipinski definition) is 0. The lowest BCUT2D eigenvalue weighted by Crippen LogP contribution is -2.18. The third-order valence-corrected chi connectivity index (χ3v) is 1.94. The van der Waals surface area contributed by atoms with E-state index in [0.29, 0.717) is 0 Å². The van der Waals surface area contributed by atoms with Crippen LogP contribution in [0, 0.1) is 0 Å². The molecule has 1 atom stereocenters. The summed E-state index contributed by atoms with van der Waals surface area (Å²) in [4.78, 5) is 2.67. The Balaban J connectivity index is 2.56.